The molecule has 7 nitrogen and oxygen atoms in total. The number of aryl methyl sites for hydroxylation is 1. The summed E-state index contributed by atoms with van der Waals surface area (Å²) in [5, 5.41) is 2.72. The normalized spacial score (nSPS) is 17.2. The Morgan fingerprint density at radius 1 is 1.31 bits per heavy atom. The van der Waals surface area contributed by atoms with Crippen LogP contribution in [0.4, 0.5) is 5.69 Å². The van der Waals surface area contributed by atoms with Crippen LogP contribution in [-0.2, 0) is 19.1 Å². The molecule has 1 aromatic rings. The SMILES string of the molecule is COc1ccc(C)cc1N1C[C@@H](C(=O)OCC(=O)NC(C)(C)C)CC1=O. The van der Waals surface area contributed by atoms with E-state index in [1.807, 2.05) is 39.8 Å². The number of carbonyl (C=O) groups excluding carboxylic acids is 3. The summed E-state index contributed by atoms with van der Waals surface area (Å²) in [5.41, 5.74) is 1.22. The number of amides is 2. The number of benzene rings is 1. The van der Waals surface area contributed by atoms with Crippen LogP contribution in [0.3, 0.4) is 0 Å². The Morgan fingerprint density at radius 2 is 2.00 bits per heavy atom. The highest BCUT2D eigenvalue weighted by Gasteiger charge is 2.37. The first-order chi connectivity index (χ1) is 12.1. The van der Waals surface area contributed by atoms with Gasteiger partial charge in [-0.15, -0.1) is 0 Å². The predicted molar refractivity (Wildman–Crippen MR) is 97.0 cm³/mol. The molecular formula is C19H26N2O5. The number of carbonyl (C=O) groups is 3. The quantitative estimate of drug-likeness (QED) is 0.808. The highest BCUT2D eigenvalue weighted by molar-refractivity contribution is 6.00. The molecule has 2 rings (SSSR count). The molecule has 1 fully saturated rings. The fraction of sp³-hybridized carbons (Fsp3) is 0.526. The lowest BCUT2D eigenvalue weighted by molar-refractivity contribution is -0.152. The van der Waals surface area contributed by atoms with Gasteiger partial charge >= 0.3 is 5.97 Å². The van der Waals surface area contributed by atoms with Gasteiger partial charge in [-0.05, 0) is 45.4 Å². The van der Waals surface area contributed by atoms with E-state index in [-0.39, 0.29) is 31.4 Å². The van der Waals surface area contributed by atoms with Crippen LogP contribution in [0, 0.1) is 12.8 Å². The molecule has 0 bridgehead atoms. The van der Waals surface area contributed by atoms with Crippen molar-refractivity contribution in [1.82, 2.24) is 5.32 Å². The zero-order valence-electron chi connectivity index (χ0n) is 15.9. The first-order valence-electron chi connectivity index (χ1n) is 8.53. The van der Waals surface area contributed by atoms with E-state index in [9.17, 15) is 14.4 Å². The molecule has 0 unspecified atom stereocenters. The first-order valence-corrected chi connectivity index (χ1v) is 8.53. The number of methoxy groups -OCH3 is 1. The molecule has 1 aromatic carbocycles. The molecule has 26 heavy (non-hydrogen) atoms. The third-order valence-electron chi connectivity index (χ3n) is 3.94. The van der Waals surface area contributed by atoms with Gasteiger partial charge in [-0.3, -0.25) is 14.4 Å². The minimum atomic E-state index is -0.602. The molecule has 1 atom stereocenters. The fourth-order valence-electron chi connectivity index (χ4n) is 2.82. The van der Waals surface area contributed by atoms with E-state index in [0.29, 0.717) is 11.4 Å². The molecule has 1 N–H and O–H groups in total. The zero-order chi connectivity index (χ0) is 19.5. The van der Waals surface area contributed by atoms with E-state index in [1.165, 1.54) is 12.0 Å². The van der Waals surface area contributed by atoms with E-state index in [0.717, 1.165) is 5.56 Å². The molecule has 0 radical (unpaired) electrons. The number of rotatable bonds is 5. The third kappa shape index (κ3) is 4.97. The maximum Gasteiger partial charge on any atom is 0.311 e. The summed E-state index contributed by atoms with van der Waals surface area (Å²) in [4.78, 5) is 37.9. The minimum Gasteiger partial charge on any atom is -0.495 e. The van der Waals surface area contributed by atoms with Crippen LogP contribution < -0.4 is 15.0 Å². The average molecular weight is 362 g/mol. The van der Waals surface area contributed by atoms with Crippen LogP contribution in [0.15, 0.2) is 18.2 Å². The number of esters is 1. The highest BCUT2D eigenvalue weighted by atomic mass is 16.5. The average Bonchev–Trinajstić information content (AvgIpc) is 2.92. The standard InChI is InChI=1S/C19H26N2O5/c1-12-6-7-15(25-5)14(8-12)21-10-13(9-17(21)23)18(24)26-11-16(22)20-19(2,3)4/h6-8,13H,9-11H2,1-5H3,(H,20,22)/t13-/m0/s1. The summed E-state index contributed by atoms with van der Waals surface area (Å²) in [6.07, 6.45) is 0.0524. The van der Waals surface area contributed by atoms with Gasteiger partial charge in [0.05, 0.1) is 18.7 Å². The van der Waals surface area contributed by atoms with Crippen molar-refractivity contribution in [3.05, 3.63) is 23.8 Å². The van der Waals surface area contributed by atoms with Crippen molar-refractivity contribution in [3.63, 3.8) is 0 Å². The van der Waals surface area contributed by atoms with Gasteiger partial charge in [-0.25, -0.2) is 0 Å². The summed E-state index contributed by atoms with van der Waals surface area (Å²) >= 11 is 0. The van der Waals surface area contributed by atoms with Crippen LogP contribution >= 0.6 is 0 Å². The molecule has 2 amide bonds. The van der Waals surface area contributed by atoms with Crippen molar-refractivity contribution in [2.75, 3.05) is 25.2 Å². The Morgan fingerprint density at radius 3 is 2.62 bits per heavy atom. The Kier molecular flexibility index (Phi) is 5.90. The number of hydrogen-bond donors (Lipinski definition) is 1. The molecule has 0 saturated carbocycles. The fourth-order valence-corrected chi connectivity index (χ4v) is 2.82. The second kappa shape index (κ2) is 7.76. The molecular weight excluding hydrogens is 336 g/mol. The summed E-state index contributed by atoms with van der Waals surface area (Å²) in [6.45, 7) is 7.30. The van der Waals surface area contributed by atoms with Crippen LogP contribution in [0.2, 0.25) is 0 Å². The molecule has 1 aliphatic rings. The van der Waals surface area contributed by atoms with E-state index < -0.39 is 17.4 Å². The lowest BCUT2D eigenvalue weighted by Gasteiger charge is -2.21. The molecule has 0 aromatic heterocycles. The van der Waals surface area contributed by atoms with Crippen molar-refractivity contribution in [2.45, 2.75) is 39.7 Å². The Bertz CT molecular complexity index is 708. The van der Waals surface area contributed by atoms with Gasteiger partial charge in [0.15, 0.2) is 6.61 Å². The maximum atomic E-state index is 12.4. The lowest BCUT2D eigenvalue weighted by atomic mass is 10.1. The number of hydrogen-bond acceptors (Lipinski definition) is 5. The monoisotopic (exact) mass is 362 g/mol. The smallest absolute Gasteiger partial charge is 0.311 e. The van der Waals surface area contributed by atoms with E-state index in [2.05, 4.69) is 5.32 Å². The highest BCUT2D eigenvalue weighted by Crippen LogP contribution is 2.34. The molecule has 142 valence electrons. The minimum absolute atomic E-state index is 0.0524. The number of nitrogens with one attached hydrogen (secondary N) is 1. The van der Waals surface area contributed by atoms with Crippen molar-refractivity contribution >= 4 is 23.5 Å². The summed E-state index contributed by atoms with van der Waals surface area (Å²) in [7, 11) is 1.54. The molecule has 0 spiro atoms. The van der Waals surface area contributed by atoms with Crippen LogP contribution in [0.25, 0.3) is 0 Å². The van der Waals surface area contributed by atoms with Gasteiger partial charge < -0.3 is 19.7 Å². The lowest BCUT2D eigenvalue weighted by Crippen LogP contribution is -2.43. The molecule has 0 aliphatic carbocycles. The Hall–Kier alpha value is -2.57. The Balaban J connectivity index is 2.00. The molecule has 1 aliphatic heterocycles. The van der Waals surface area contributed by atoms with Gasteiger partial charge in [0, 0.05) is 18.5 Å². The zero-order valence-corrected chi connectivity index (χ0v) is 15.9. The third-order valence-corrected chi connectivity index (χ3v) is 3.94. The number of ether oxygens (including phenoxy) is 2. The van der Waals surface area contributed by atoms with Crippen molar-refractivity contribution in [3.8, 4) is 5.75 Å². The van der Waals surface area contributed by atoms with Crippen LogP contribution in [0.5, 0.6) is 5.75 Å². The van der Waals surface area contributed by atoms with Gasteiger partial charge in [-0.2, -0.15) is 0 Å². The van der Waals surface area contributed by atoms with E-state index in [4.69, 9.17) is 9.47 Å². The number of anilines is 1. The summed E-state index contributed by atoms with van der Waals surface area (Å²) in [6, 6.07) is 5.53. The summed E-state index contributed by atoms with van der Waals surface area (Å²) in [5.74, 6) is -1.11. The van der Waals surface area contributed by atoms with Gasteiger partial charge in [0.1, 0.15) is 5.75 Å². The van der Waals surface area contributed by atoms with Crippen molar-refractivity contribution in [1.29, 1.82) is 0 Å². The molecule has 7 heteroatoms. The van der Waals surface area contributed by atoms with Crippen LogP contribution in [-0.4, -0.2) is 43.6 Å². The Labute approximate surface area is 153 Å². The largest absolute Gasteiger partial charge is 0.495 e. The van der Waals surface area contributed by atoms with E-state index in [1.54, 1.807) is 6.07 Å². The molecule has 1 heterocycles. The van der Waals surface area contributed by atoms with Crippen molar-refractivity contribution in [2.24, 2.45) is 5.92 Å². The summed E-state index contributed by atoms with van der Waals surface area (Å²) < 4.78 is 10.4. The maximum absolute atomic E-state index is 12.4. The van der Waals surface area contributed by atoms with Gasteiger partial charge in [-0.1, -0.05) is 6.07 Å². The van der Waals surface area contributed by atoms with Crippen LogP contribution in [0.1, 0.15) is 32.8 Å². The second-order valence-corrected chi connectivity index (χ2v) is 7.49. The number of nitrogens with zero attached hydrogens (tertiary/aromatic N) is 1. The van der Waals surface area contributed by atoms with Crippen molar-refractivity contribution < 1.29 is 23.9 Å². The van der Waals surface area contributed by atoms with E-state index >= 15 is 0 Å². The topological polar surface area (TPSA) is 84.9 Å². The second-order valence-electron chi connectivity index (χ2n) is 7.49. The predicted octanol–water partition coefficient (Wildman–Crippen LogP) is 1.81. The molecule has 1 saturated heterocycles. The van der Waals surface area contributed by atoms with Gasteiger partial charge in [0.2, 0.25) is 5.91 Å². The van der Waals surface area contributed by atoms with Gasteiger partial charge in [0.25, 0.3) is 5.91 Å². The first kappa shape index (κ1) is 19.8.